The predicted octanol–water partition coefficient (Wildman–Crippen LogP) is 3.42. The van der Waals surface area contributed by atoms with Gasteiger partial charge in [0.15, 0.2) is 0 Å². The van der Waals surface area contributed by atoms with Gasteiger partial charge in [-0.25, -0.2) is 4.98 Å². The number of hydrogen-bond acceptors (Lipinski definition) is 3. The molecule has 0 unspecified atom stereocenters. The lowest BCUT2D eigenvalue weighted by Crippen LogP contribution is -2.26. The molecule has 27 heavy (non-hydrogen) atoms. The van der Waals surface area contributed by atoms with Crippen molar-refractivity contribution in [3.8, 4) is 0 Å². The molecule has 0 saturated carbocycles. The molecule has 0 aliphatic rings. The monoisotopic (exact) mass is 380 g/mol. The van der Waals surface area contributed by atoms with Gasteiger partial charge >= 0.3 is 0 Å². The van der Waals surface area contributed by atoms with Crippen molar-refractivity contribution in [2.75, 3.05) is 6.54 Å². The quantitative estimate of drug-likeness (QED) is 0.463. The minimum absolute atomic E-state index is 0.256. The summed E-state index contributed by atoms with van der Waals surface area (Å²) in [5.74, 6) is 0.594. The highest BCUT2D eigenvalue weighted by Crippen LogP contribution is 2.18. The maximum Gasteiger partial charge on any atom is 0.252 e. The summed E-state index contributed by atoms with van der Waals surface area (Å²) < 4.78 is 0. The summed E-state index contributed by atoms with van der Waals surface area (Å²) in [6, 6.07) is 14.1. The zero-order valence-electron chi connectivity index (χ0n) is 14.4. The van der Waals surface area contributed by atoms with Gasteiger partial charge in [0.2, 0.25) is 5.56 Å². The van der Waals surface area contributed by atoms with Crippen LogP contribution in [0.25, 0.3) is 21.9 Å². The molecule has 0 bridgehead atoms. The fourth-order valence-corrected chi connectivity index (χ4v) is 3.27. The third kappa shape index (κ3) is 3.71. The summed E-state index contributed by atoms with van der Waals surface area (Å²) in [5.41, 5.74) is 2.51. The van der Waals surface area contributed by atoms with Crippen LogP contribution in [0.3, 0.4) is 0 Å². The smallest absolute Gasteiger partial charge is 0.252 e. The largest absolute Gasteiger partial charge is 0.352 e. The topological polar surface area (TPSA) is 90.6 Å². The molecule has 2 aromatic heterocycles. The molecule has 0 aliphatic heterocycles. The molecule has 2 aromatic carbocycles. The van der Waals surface area contributed by atoms with Crippen LogP contribution in [-0.2, 0) is 6.42 Å². The summed E-state index contributed by atoms with van der Waals surface area (Å²) >= 11 is 5.98. The Morgan fingerprint density at radius 1 is 1.07 bits per heavy atom. The zero-order valence-corrected chi connectivity index (χ0v) is 15.1. The second-order valence-electron chi connectivity index (χ2n) is 6.30. The number of amides is 1. The van der Waals surface area contributed by atoms with E-state index in [2.05, 4.69) is 20.3 Å². The van der Waals surface area contributed by atoms with Crippen molar-refractivity contribution in [1.29, 1.82) is 0 Å². The highest BCUT2D eigenvalue weighted by Gasteiger charge is 2.11. The lowest BCUT2D eigenvalue weighted by Gasteiger charge is -2.07. The number of fused-ring (bicyclic) bond motifs is 2. The van der Waals surface area contributed by atoms with Crippen LogP contribution in [0.5, 0.6) is 0 Å². The number of rotatable bonds is 5. The molecule has 0 atom stereocenters. The molecule has 0 saturated heterocycles. The van der Waals surface area contributed by atoms with Gasteiger partial charge in [0.25, 0.3) is 5.91 Å². The van der Waals surface area contributed by atoms with Gasteiger partial charge in [-0.05, 0) is 30.7 Å². The highest BCUT2D eigenvalue weighted by atomic mass is 35.5. The van der Waals surface area contributed by atoms with E-state index in [1.807, 2.05) is 30.3 Å². The number of aromatic nitrogens is 3. The van der Waals surface area contributed by atoms with E-state index in [0.29, 0.717) is 29.1 Å². The first-order valence-corrected chi connectivity index (χ1v) is 9.02. The van der Waals surface area contributed by atoms with E-state index >= 15 is 0 Å². The van der Waals surface area contributed by atoms with Gasteiger partial charge in [-0.1, -0.05) is 29.8 Å². The van der Waals surface area contributed by atoms with Crippen LogP contribution in [0.15, 0.2) is 53.3 Å². The number of aryl methyl sites for hydroxylation is 1. The normalized spacial score (nSPS) is 11.1. The van der Waals surface area contributed by atoms with Crippen molar-refractivity contribution in [3.05, 3.63) is 75.3 Å². The van der Waals surface area contributed by atoms with Gasteiger partial charge in [0.05, 0.1) is 16.6 Å². The second-order valence-corrected chi connectivity index (χ2v) is 6.73. The molecule has 0 fully saturated rings. The number of para-hydroxylation sites is 1. The maximum absolute atomic E-state index is 12.5. The first-order valence-electron chi connectivity index (χ1n) is 8.64. The van der Waals surface area contributed by atoms with Crippen molar-refractivity contribution in [2.24, 2.45) is 0 Å². The van der Waals surface area contributed by atoms with Gasteiger partial charge in [-0.3, -0.25) is 9.59 Å². The molecule has 0 radical (unpaired) electrons. The molecular weight excluding hydrogens is 364 g/mol. The number of imidazole rings is 1. The summed E-state index contributed by atoms with van der Waals surface area (Å²) in [6.45, 7) is 0.484. The average Bonchev–Trinajstić information content (AvgIpc) is 3.06. The van der Waals surface area contributed by atoms with E-state index < -0.39 is 0 Å². The number of nitrogens with zero attached hydrogens (tertiary/aromatic N) is 1. The van der Waals surface area contributed by atoms with Crippen LogP contribution < -0.4 is 10.9 Å². The lowest BCUT2D eigenvalue weighted by atomic mass is 10.1. The van der Waals surface area contributed by atoms with E-state index in [0.717, 1.165) is 28.7 Å². The molecule has 4 aromatic rings. The predicted molar refractivity (Wildman–Crippen MR) is 106 cm³/mol. The van der Waals surface area contributed by atoms with Gasteiger partial charge in [0.1, 0.15) is 5.82 Å². The molecule has 7 heteroatoms. The number of hydrogen-bond donors (Lipinski definition) is 3. The summed E-state index contributed by atoms with van der Waals surface area (Å²) in [7, 11) is 0. The van der Waals surface area contributed by atoms with Gasteiger partial charge in [0, 0.05) is 35.0 Å². The number of halogens is 1. The zero-order chi connectivity index (χ0) is 18.8. The Balaban J connectivity index is 1.40. The lowest BCUT2D eigenvalue weighted by molar-refractivity contribution is 0.0954. The van der Waals surface area contributed by atoms with E-state index in [4.69, 9.17) is 11.6 Å². The number of aromatic amines is 2. The van der Waals surface area contributed by atoms with E-state index in [-0.39, 0.29) is 11.5 Å². The third-order valence-electron chi connectivity index (χ3n) is 4.36. The van der Waals surface area contributed by atoms with E-state index in [1.165, 1.54) is 6.07 Å². The Labute approximate surface area is 159 Å². The van der Waals surface area contributed by atoms with Crippen LogP contribution >= 0.6 is 11.6 Å². The first kappa shape index (κ1) is 17.3. The van der Waals surface area contributed by atoms with E-state index in [9.17, 15) is 9.59 Å². The number of nitrogens with one attached hydrogen (secondary N) is 3. The van der Waals surface area contributed by atoms with E-state index in [1.54, 1.807) is 12.1 Å². The Morgan fingerprint density at radius 2 is 1.93 bits per heavy atom. The summed E-state index contributed by atoms with van der Waals surface area (Å²) in [4.78, 5) is 34.8. The standard InChI is InChI=1S/C20H17ClN4O2/c21-12-7-8-16-17(10-12)24-18(23-16)6-3-9-22-20(27)14-11-19(26)25-15-5-2-1-4-13(14)15/h1-2,4-5,7-8,10-11H,3,6,9H2,(H,22,27)(H,23,24)(H,25,26). The van der Waals surface area contributed by atoms with Crippen molar-refractivity contribution in [3.63, 3.8) is 0 Å². The second kappa shape index (κ2) is 7.25. The van der Waals surface area contributed by atoms with Gasteiger partial charge < -0.3 is 15.3 Å². The van der Waals surface area contributed by atoms with Crippen molar-refractivity contribution < 1.29 is 4.79 Å². The molecular formula is C20H17ClN4O2. The number of H-pyrrole nitrogens is 2. The Hall–Kier alpha value is -3.12. The number of benzene rings is 2. The number of carbonyl (C=O) groups excluding carboxylic acids is 1. The minimum atomic E-state index is -0.292. The molecule has 3 N–H and O–H groups in total. The fourth-order valence-electron chi connectivity index (χ4n) is 3.10. The number of pyridine rings is 1. The maximum atomic E-state index is 12.5. The summed E-state index contributed by atoms with van der Waals surface area (Å²) in [6.07, 6.45) is 1.42. The molecule has 0 aliphatic carbocycles. The Morgan fingerprint density at radius 3 is 2.81 bits per heavy atom. The van der Waals surface area contributed by atoms with Crippen LogP contribution in [-0.4, -0.2) is 27.4 Å². The number of carbonyl (C=O) groups is 1. The average molecular weight is 381 g/mol. The Kier molecular flexibility index (Phi) is 4.64. The van der Waals surface area contributed by atoms with Crippen LogP contribution in [0.2, 0.25) is 5.02 Å². The van der Waals surface area contributed by atoms with Crippen molar-refractivity contribution >= 4 is 39.4 Å². The Bertz CT molecular complexity index is 1200. The van der Waals surface area contributed by atoms with Gasteiger partial charge in [-0.2, -0.15) is 0 Å². The van der Waals surface area contributed by atoms with Crippen LogP contribution in [0.1, 0.15) is 22.6 Å². The molecule has 2 heterocycles. The highest BCUT2D eigenvalue weighted by molar-refractivity contribution is 6.31. The fraction of sp³-hybridized carbons (Fsp3) is 0.150. The van der Waals surface area contributed by atoms with Crippen LogP contribution in [0.4, 0.5) is 0 Å². The van der Waals surface area contributed by atoms with Crippen LogP contribution in [0, 0.1) is 0 Å². The molecule has 0 spiro atoms. The first-order chi connectivity index (χ1) is 13.1. The molecule has 6 nitrogen and oxygen atoms in total. The minimum Gasteiger partial charge on any atom is -0.352 e. The SMILES string of the molecule is O=C(NCCCc1nc2ccc(Cl)cc2[nH]1)c1cc(=O)[nH]c2ccccc12. The molecule has 4 rings (SSSR count). The molecule has 1 amide bonds. The van der Waals surface area contributed by atoms with Crippen molar-refractivity contribution in [2.45, 2.75) is 12.8 Å². The summed E-state index contributed by atoms with van der Waals surface area (Å²) in [5, 5.41) is 4.26. The van der Waals surface area contributed by atoms with Gasteiger partial charge in [-0.15, -0.1) is 0 Å². The third-order valence-corrected chi connectivity index (χ3v) is 4.60. The van der Waals surface area contributed by atoms with Crippen molar-refractivity contribution in [1.82, 2.24) is 20.3 Å². The molecule has 136 valence electrons.